The number of carbonyl (C=O) groups is 1. The highest BCUT2D eigenvalue weighted by molar-refractivity contribution is 7.12. The Bertz CT molecular complexity index is 1260. The summed E-state index contributed by atoms with van der Waals surface area (Å²) in [5.74, 6) is -2.63. The lowest BCUT2D eigenvalue weighted by molar-refractivity contribution is -0.133. The summed E-state index contributed by atoms with van der Waals surface area (Å²) in [6.07, 6.45) is 2.07. The molecule has 8 nitrogen and oxygen atoms in total. The normalized spacial score (nSPS) is 24.7. The molecule has 1 aromatic carbocycles. The van der Waals surface area contributed by atoms with Gasteiger partial charge in [0.2, 0.25) is 0 Å². The maximum absolute atomic E-state index is 14.0. The number of amidine groups is 1. The van der Waals surface area contributed by atoms with Crippen molar-refractivity contribution >= 4 is 28.7 Å². The Labute approximate surface area is 190 Å². The maximum atomic E-state index is 14.0. The van der Waals surface area contributed by atoms with E-state index in [2.05, 4.69) is 11.6 Å². The van der Waals surface area contributed by atoms with Gasteiger partial charge in [0.1, 0.15) is 22.7 Å². The number of carbonyl (C=O) groups excluding carboxylic acids is 1. The number of nitrogens with zero attached hydrogens (tertiary/aromatic N) is 3. The number of piperazine rings is 1. The summed E-state index contributed by atoms with van der Waals surface area (Å²) in [4.78, 5) is 20.4. The molecule has 3 aliphatic heterocycles. The molecular weight excluding hydrogens is 454 g/mol. The molecule has 11 heteroatoms. The number of halogens is 2. The highest BCUT2D eigenvalue weighted by Crippen LogP contribution is 2.38. The number of thiazole rings is 1. The monoisotopic (exact) mass is 472 g/mol. The molecule has 33 heavy (non-hydrogen) atoms. The molecular formula is C22H18F2N4O4S. The molecule has 0 bridgehead atoms. The van der Waals surface area contributed by atoms with Gasteiger partial charge >= 0.3 is 0 Å². The first-order valence-electron chi connectivity index (χ1n) is 9.96. The summed E-state index contributed by atoms with van der Waals surface area (Å²) in [7, 11) is 0. The fourth-order valence-electron chi connectivity index (χ4n) is 4.04. The first-order chi connectivity index (χ1) is 15.8. The van der Waals surface area contributed by atoms with E-state index in [0.29, 0.717) is 9.88 Å². The molecule has 3 aliphatic rings. The van der Waals surface area contributed by atoms with Crippen LogP contribution in [0.5, 0.6) is 0 Å². The lowest BCUT2D eigenvalue weighted by Crippen LogP contribution is -2.58. The van der Waals surface area contributed by atoms with Gasteiger partial charge in [-0.1, -0.05) is 12.1 Å². The molecule has 4 heterocycles. The Morgan fingerprint density at radius 3 is 2.91 bits per heavy atom. The average Bonchev–Trinajstić information content (AvgIpc) is 3.43. The first kappa shape index (κ1) is 21.4. The standard InChI is InChI=1S/C22H18F2N4O4S/c1-2-12-9-32-22-19(25)27-8-14(17(29)18(30)16(27)21(31)28(12)22)20-26-7-13(33-20)5-10-3-4-11(23)6-15(10)24/h2-4,6-8,12,17,22,25,29-30H,1,5,9H2/t12-,17?,22?/m1/s1. The molecule has 0 radical (unpaired) electrons. The van der Waals surface area contributed by atoms with Gasteiger partial charge in [0.25, 0.3) is 5.91 Å². The number of rotatable bonds is 4. The molecule has 0 saturated carbocycles. The van der Waals surface area contributed by atoms with E-state index in [-0.39, 0.29) is 35.7 Å². The second kappa shape index (κ2) is 7.87. The zero-order valence-electron chi connectivity index (χ0n) is 17.0. The third kappa shape index (κ3) is 3.36. The summed E-state index contributed by atoms with van der Waals surface area (Å²) in [5, 5.41) is 30.3. The van der Waals surface area contributed by atoms with E-state index >= 15 is 0 Å². The topological polar surface area (TPSA) is 110 Å². The largest absolute Gasteiger partial charge is 0.507 e. The predicted molar refractivity (Wildman–Crippen MR) is 115 cm³/mol. The maximum Gasteiger partial charge on any atom is 0.277 e. The van der Waals surface area contributed by atoms with Gasteiger partial charge in [0.15, 0.2) is 23.5 Å². The van der Waals surface area contributed by atoms with Crippen molar-refractivity contribution in [2.75, 3.05) is 6.61 Å². The van der Waals surface area contributed by atoms with Crippen molar-refractivity contribution in [1.82, 2.24) is 14.8 Å². The molecule has 170 valence electrons. The van der Waals surface area contributed by atoms with Gasteiger partial charge in [0.05, 0.1) is 12.6 Å². The van der Waals surface area contributed by atoms with Gasteiger partial charge in [-0.15, -0.1) is 17.9 Å². The Balaban J connectivity index is 1.46. The smallest absolute Gasteiger partial charge is 0.277 e. The van der Waals surface area contributed by atoms with E-state index in [9.17, 15) is 23.8 Å². The second-order valence-electron chi connectivity index (χ2n) is 7.72. The SMILES string of the molecule is C=C[C@@H]1COC2C(=N)N3C=C(c4ncc(Cc5ccc(F)cc5F)s4)C(O)C(O)=C3C(=O)N21. The van der Waals surface area contributed by atoms with Crippen molar-refractivity contribution in [2.45, 2.75) is 24.8 Å². The number of nitrogens with one attached hydrogen (secondary N) is 1. The van der Waals surface area contributed by atoms with Gasteiger partial charge in [-0.3, -0.25) is 20.0 Å². The Kier molecular flexibility index (Phi) is 5.11. The first-order valence-corrected chi connectivity index (χ1v) is 10.8. The fourth-order valence-corrected chi connectivity index (χ4v) is 5.01. The van der Waals surface area contributed by atoms with E-state index < -0.39 is 41.7 Å². The van der Waals surface area contributed by atoms with Crippen molar-refractivity contribution in [3.05, 3.63) is 81.8 Å². The number of hydrogen-bond acceptors (Lipinski definition) is 7. The number of fused-ring (bicyclic) bond motifs is 2. The van der Waals surface area contributed by atoms with Crippen LogP contribution < -0.4 is 0 Å². The van der Waals surface area contributed by atoms with Crippen LogP contribution in [-0.4, -0.2) is 61.7 Å². The summed E-state index contributed by atoms with van der Waals surface area (Å²) in [6, 6.07) is 2.87. The molecule has 2 fully saturated rings. The number of aliphatic hydroxyl groups is 2. The summed E-state index contributed by atoms with van der Waals surface area (Å²) in [6.45, 7) is 3.84. The zero-order valence-corrected chi connectivity index (χ0v) is 17.9. The van der Waals surface area contributed by atoms with Crippen LogP contribution in [-0.2, 0) is 16.0 Å². The molecule has 0 spiro atoms. The van der Waals surface area contributed by atoms with Gasteiger partial charge < -0.3 is 14.9 Å². The molecule has 3 atom stereocenters. The van der Waals surface area contributed by atoms with Crippen molar-refractivity contribution in [3.63, 3.8) is 0 Å². The number of ether oxygens (including phenoxy) is 1. The van der Waals surface area contributed by atoms with Gasteiger partial charge in [-0.05, 0) is 11.6 Å². The van der Waals surface area contributed by atoms with Crippen molar-refractivity contribution in [3.8, 4) is 0 Å². The second-order valence-corrected chi connectivity index (χ2v) is 8.84. The fraction of sp³-hybridized carbons (Fsp3) is 0.227. The molecule has 2 unspecified atom stereocenters. The number of hydrogen-bond donors (Lipinski definition) is 3. The predicted octanol–water partition coefficient (Wildman–Crippen LogP) is 2.53. The van der Waals surface area contributed by atoms with Crippen molar-refractivity contribution in [2.24, 2.45) is 0 Å². The van der Waals surface area contributed by atoms with E-state index in [1.54, 1.807) is 0 Å². The Morgan fingerprint density at radius 2 is 2.18 bits per heavy atom. The van der Waals surface area contributed by atoms with Crippen LogP contribution in [0.4, 0.5) is 8.78 Å². The van der Waals surface area contributed by atoms with E-state index in [4.69, 9.17) is 10.1 Å². The summed E-state index contributed by atoms with van der Waals surface area (Å²) < 4.78 is 32.7. The van der Waals surface area contributed by atoms with Crippen LogP contribution in [0.3, 0.4) is 0 Å². The van der Waals surface area contributed by atoms with Crippen LogP contribution >= 0.6 is 11.3 Å². The minimum atomic E-state index is -1.54. The summed E-state index contributed by atoms with van der Waals surface area (Å²) >= 11 is 1.15. The van der Waals surface area contributed by atoms with Crippen LogP contribution in [0.25, 0.3) is 5.57 Å². The minimum absolute atomic E-state index is 0.102. The number of aromatic nitrogens is 1. The Morgan fingerprint density at radius 1 is 1.39 bits per heavy atom. The Hall–Kier alpha value is -3.41. The van der Waals surface area contributed by atoms with Crippen LogP contribution in [0.1, 0.15) is 15.4 Å². The third-order valence-electron chi connectivity index (χ3n) is 5.72. The number of amides is 1. The van der Waals surface area contributed by atoms with E-state index in [0.717, 1.165) is 17.4 Å². The third-order valence-corrected chi connectivity index (χ3v) is 6.77. The van der Waals surface area contributed by atoms with Crippen molar-refractivity contribution < 1.29 is 28.5 Å². The highest BCUT2D eigenvalue weighted by Gasteiger charge is 2.51. The zero-order chi connectivity index (χ0) is 23.4. The van der Waals surface area contributed by atoms with Crippen molar-refractivity contribution in [1.29, 1.82) is 5.41 Å². The highest BCUT2D eigenvalue weighted by atomic mass is 32.1. The molecule has 1 amide bonds. The van der Waals surface area contributed by atoms with E-state index in [1.165, 1.54) is 40.4 Å². The minimum Gasteiger partial charge on any atom is -0.507 e. The van der Waals surface area contributed by atoms with E-state index in [1.807, 2.05) is 0 Å². The van der Waals surface area contributed by atoms with Gasteiger partial charge in [0, 0.05) is 35.3 Å². The molecule has 2 saturated heterocycles. The molecule has 2 aromatic rings. The number of aliphatic hydroxyl groups excluding tert-OH is 2. The molecule has 0 aliphatic carbocycles. The summed E-state index contributed by atoms with van der Waals surface area (Å²) in [5.41, 5.74) is 0.236. The van der Waals surface area contributed by atoms with Crippen LogP contribution in [0, 0.1) is 17.0 Å². The average molecular weight is 472 g/mol. The molecule has 5 rings (SSSR count). The van der Waals surface area contributed by atoms with Crippen LogP contribution in [0.15, 0.2) is 54.7 Å². The molecule has 1 aromatic heterocycles. The van der Waals surface area contributed by atoms with Crippen LogP contribution in [0.2, 0.25) is 0 Å². The lowest BCUT2D eigenvalue weighted by atomic mass is 10.0. The van der Waals surface area contributed by atoms with Gasteiger partial charge in [-0.25, -0.2) is 13.8 Å². The number of benzene rings is 1. The van der Waals surface area contributed by atoms with Gasteiger partial charge in [-0.2, -0.15) is 0 Å². The quantitative estimate of drug-likeness (QED) is 0.590. The molecule has 3 N–H and O–H groups in total. The lowest BCUT2D eigenvalue weighted by Gasteiger charge is -2.41.